The van der Waals surface area contributed by atoms with Gasteiger partial charge in [0.15, 0.2) is 5.60 Å². The SMILES string of the molecule is Cc1ccc(-c2ccc(C3(C)OC(=O)C(O)C3=O)cc2)cc1C. The molecular formula is C19H18O4. The number of aliphatic hydroxyl groups excluding tert-OH is 1. The van der Waals surface area contributed by atoms with Crippen LogP contribution >= 0.6 is 0 Å². The number of rotatable bonds is 2. The fourth-order valence-corrected chi connectivity index (χ4v) is 2.78. The molecule has 118 valence electrons. The van der Waals surface area contributed by atoms with E-state index in [1.165, 1.54) is 18.1 Å². The first-order chi connectivity index (χ1) is 10.8. The monoisotopic (exact) mass is 310 g/mol. The van der Waals surface area contributed by atoms with E-state index in [0.717, 1.165) is 11.1 Å². The van der Waals surface area contributed by atoms with Crippen LogP contribution in [0, 0.1) is 13.8 Å². The molecule has 3 rings (SSSR count). The Balaban J connectivity index is 1.95. The molecule has 1 aliphatic rings. The number of aliphatic hydroxyl groups is 1. The standard InChI is InChI=1S/C19H18O4/c1-11-4-5-14(10-12(11)2)13-6-8-15(9-7-13)19(3)17(21)16(20)18(22)23-19/h4-10,16,20H,1-3H3. The predicted octanol–water partition coefficient (Wildman–Crippen LogP) is 2.67. The third kappa shape index (κ3) is 2.45. The Morgan fingerprint density at radius 1 is 0.957 bits per heavy atom. The lowest BCUT2D eigenvalue weighted by atomic mass is 9.89. The van der Waals surface area contributed by atoms with Gasteiger partial charge in [0.2, 0.25) is 11.9 Å². The largest absolute Gasteiger partial charge is 0.444 e. The van der Waals surface area contributed by atoms with E-state index in [-0.39, 0.29) is 0 Å². The van der Waals surface area contributed by atoms with Crippen LogP contribution in [0.25, 0.3) is 11.1 Å². The van der Waals surface area contributed by atoms with Crippen LogP contribution in [-0.4, -0.2) is 23.0 Å². The molecule has 1 fully saturated rings. The van der Waals surface area contributed by atoms with Crippen LogP contribution in [0.15, 0.2) is 42.5 Å². The molecule has 0 aromatic heterocycles. The average Bonchev–Trinajstić information content (AvgIpc) is 2.74. The maximum absolute atomic E-state index is 12.1. The quantitative estimate of drug-likeness (QED) is 0.684. The molecule has 2 aromatic carbocycles. The van der Waals surface area contributed by atoms with Crippen LogP contribution in [0.4, 0.5) is 0 Å². The molecule has 1 N–H and O–H groups in total. The maximum Gasteiger partial charge on any atom is 0.344 e. The molecule has 4 heteroatoms. The molecule has 0 spiro atoms. The number of cyclic esters (lactones) is 1. The molecule has 4 nitrogen and oxygen atoms in total. The van der Waals surface area contributed by atoms with E-state index >= 15 is 0 Å². The third-order valence-corrected chi connectivity index (χ3v) is 4.52. The summed E-state index contributed by atoms with van der Waals surface area (Å²) in [5.41, 5.74) is 3.67. The lowest BCUT2D eigenvalue weighted by Crippen LogP contribution is -2.33. The smallest absolute Gasteiger partial charge is 0.344 e. The Morgan fingerprint density at radius 3 is 2.09 bits per heavy atom. The lowest BCUT2D eigenvalue weighted by Gasteiger charge is -2.21. The number of ketones is 1. The first kappa shape index (κ1) is 15.4. The summed E-state index contributed by atoms with van der Waals surface area (Å²) in [6.07, 6.45) is -1.69. The number of carbonyl (C=O) groups excluding carboxylic acids is 2. The number of aryl methyl sites for hydroxylation is 2. The number of hydrogen-bond acceptors (Lipinski definition) is 4. The minimum absolute atomic E-state index is 0.556. The van der Waals surface area contributed by atoms with Gasteiger partial charge in [0.25, 0.3) is 0 Å². The second-order valence-corrected chi connectivity index (χ2v) is 6.10. The number of benzene rings is 2. The number of Topliss-reactive ketones (excluding diaryl/α,β-unsaturated/α-hetero) is 1. The van der Waals surface area contributed by atoms with Crippen molar-refractivity contribution in [3.05, 3.63) is 59.2 Å². The zero-order valence-electron chi connectivity index (χ0n) is 13.3. The Bertz CT molecular complexity index is 792. The fraction of sp³-hybridized carbons (Fsp3) is 0.263. The highest BCUT2D eigenvalue weighted by molar-refractivity contribution is 6.11. The van der Waals surface area contributed by atoms with Gasteiger partial charge in [-0.25, -0.2) is 4.79 Å². The van der Waals surface area contributed by atoms with E-state index in [1.54, 1.807) is 12.1 Å². The van der Waals surface area contributed by atoms with E-state index in [9.17, 15) is 14.7 Å². The lowest BCUT2D eigenvalue weighted by molar-refractivity contribution is -0.153. The summed E-state index contributed by atoms with van der Waals surface area (Å²) >= 11 is 0. The highest BCUT2D eigenvalue weighted by atomic mass is 16.6. The molecule has 2 atom stereocenters. The van der Waals surface area contributed by atoms with Gasteiger partial charge in [0, 0.05) is 5.56 Å². The zero-order chi connectivity index (χ0) is 16.8. The van der Waals surface area contributed by atoms with Crippen LogP contribution in [0.1, 0.15) is 23.6 Å². The molecule has 1 aliphatic heterocycles. The van der Waals surface area contributed by atoms with E-state index < -0.39 is 23.5 Å². The van der Waals surface area contributed by atoms with Crippen LogP contribution in [0.5, 0.6) is 0 Å². The van der Waals surface area contributed by atoms with Crippen molar-refractivity contribution in [2.45, 2.75) is 32.5 Å². The molecule has 2 unspecified atom stereocenters. The van der Waals surface area contributed by atoms with Gasteiger partial charge in [-0.2, -0.15) is 0 Å². The number of esters is 1. The molecular weight excluding hydrogens is 292 g/mol. The fourth-order valence-electron chi connectivity index (χ4n) is 2.78. The first-order valence-electron chi connectivity index (χ1n) is 7.46. The van der Waals surface area contributed by atoms with Gasteiger partial charge >= 0.3 is 5.97 Å². The van der Waals surface area contributed by atoms with Gasteiger partial charge in [-0.05, 0) is 43.0 Å². The van der Waals surface area contributed by atoms with E-state index in [1.807, 2.05) is 18.2 Å². The van der Waals surface area contributed by atoms with Gasteiger partial charge in [-0.3, -0.25) is 4.79 Å². The molecule has 0 radical (unpaired) electrons. The summed E-state index contributed by atoms with van der Waals surface area (Å²) in [5.74, 6) is -1.52. The topological polar surface area (TPSA) is 63.6 Å². The molecule has 23 heavy (non-hydrogen) atoms. The number of hydrogen-bond donors (Lipinski definition) is 1. The van der Waals surface area contributed by atoms with Gasteiger partial charge in [0.1, 0.15) is 0 Å². The van der Waals surface area contributed by atoms with Crippen molar-refractivity contribution in [3.63, 3.8) is 0 Å². The van der Waals surface area contributed by atoms with Gasteiger partial charge in [-0.15, -0.1) is 0 Å². The number of ether oxygens (including phenoxy) is 1. The highest BCUT2D eigenvalue weighted by Gasteiger charge is 2.52. The first-order valence-corrected chi connectivity index (χ1v) is 7.46. The van der Waals surface area contributed by atoms with E-state index in [0.29, 0.717) is 5.56 Å². The van der Waals surface area contributed by atoms with E-state index in [2.05, 4.69) is 26.0 Å². The second-order valence-electron chi connectivity index (χ2n) is 6.10. The van der Waals surface area contributed by atoms with Gasteiger partial charge in [0.05, 0.1) is 0 Å². The minimum Gasteiger partial charge on any atom is -0.444 e. The van der Waals surface area contributed by atoms with Crippen molar-refractivity contribution in [1.82, 2.24) is 0 Å². The Labute approximate surface area is 134 Å². The molecule has 0 aliphatic carbocycles. The number of carbonyl (C=O) groups is 2. The van der Waals surface area contributed by atoms with Crippen LogP contribution in [-0.2, 0) is 19.9 Å². The van der Waals surface area contributed by atoms with Gasteiger partial charge in [-0.1, -0.05) is 42.5 Å². The Morgan fingerprint density at radius 2 is 1.57 bits per heavy atom. The van der Waals surface area contributed by atoms with Crippen molar-refractivity contribution in [2.75, 3.05) is 0 Å². The van der Waals surface area contributed by atoms with Crippen LogP contribution in [0.3, 0.4) is 0 Å². The summed E-state index contributed by atoms with van der Waals surface area (Å²) in [6.45, 7) is 5.63. The second kappa shape index (κ2) is 5.32. The third-order valence-electron chi connectivity index (χ3n) is 4.52. The molecule has 1 saturated heterocycles. The summed E-state index contributed by atoms with van der Waals surface area (Å²) in [6, 6.07) is 13.5. The molecule has 2 aromatic rings. The van der Waals surface area contributed by atoms with E-state index in [4.69, 9.17) is 4.74 Å². The summed E-state index contributed by atoms with van der Waals surface area (Å²) < 4.78 is 5.10. The Kier molecular flexibility index (Phi) is 3.57. The highest BCUT2D eigenvalue weighted by Crippen LogP contribution is 2.35. The minimum atomic E-state index is -1.69. The molecule has 0 saturated carbocycles. The van der Waals surface area contributed by atoms with Crippen molar-refractivity contribution in [3.8, 4) is 11.1 Å². The van der Waals surface area contributed by atoms with Crippen molar-refractivity contribution < 1.29 is 19.4 Å². The summed E-state index contributed by atoms with van der Waals surface area (Å²) in [4.78, 5) is 23.5. The predicted molar refractivity (Wildman–Crippen MR) is 85.8 cm³/mol. The zero-order valence-corrected chi connectivity index (χ0v) is 13.3. The van der Waals surface area contributed by atoms with Crippen LogP contribution in [0.2, 0.25) is 0 Å². The van der Waals surface area contributed by atoms with Gasteiger partial charge < -0.3 is 9.84 Å². The molecule has 0 bridgehead atoms. The Hall–Kier alpha value is -2.46. The summed E-state index contributed by atoms with van der Waals surface area (Å²) in [7, 11) is 0. The summed E-state index contributed by atoms with van der Waals surface area (Å²) in [5, 5.41) is 9.53. The van der Waals surface area contributed by atoms with Crippen molar-refractivity contribution >= 4 is 11.8 Å². The van der Waals surface area contributed by atoms with Crippen molar-refractivity contribution in [2.24, 2.45) is 0 Å². The molecule has 0 amide bonds. The van der Waals surface area contributed by atoms with Crippen molar-refractivity contribution in [1.29, 1.82) is 0 Å². The maximum atomic E-state index is 12.1. The normalized spacial score (nSPS) is 23.9. The molecule has 1 heterocycles. The van der Waals surface area contributed by atoms with Crippen LogP contribution < -0.4 is 0 Å². The average molecular weight is 310 g/mol.